The van der Waals surface area contributed by atoms with Crippen LogP contribution in [0, 0.1) is 6.92 Å². The first-order valence-electron chi connectivity index (χ1n) is 7.25. The minimum Gasteiger partial charge on any atom is -0.508 e. The molecule has 4 N–H and O–H groups in total. The van der Waals surface area contributed by atoms with Crippen LogP contribution in [0.4, 0.5) is 0 Å². The van der Waals surface area contributed by atoms with Crippen molar-refractivity contribution in [2.24, 2.45) is 0 Å². The van der Waals surface area contributed by atoms with Crippen LogP contribution in [0.15, 0.2) is 21.3 Å². The van der Waals surface area contributed by atoms with Gasteiger partial charge in [0.1, 0.15) is 17.1 Å². The number of phenols is 2. The Morgan fingerprint density at radius 2 is 2.08 bits per heavy atom. The SMILES string of the molecule is COCC(O)CNC(=O)Cc1c(C)c2c(O)cc(O)cc2oc1=O. The molecule has 1 unspecified atom stereocenters. The van der Waals surface area contributed by atoms with Crippen molar-refractivity contribution in [2.75, 3.05) is 20.3 Å². The average molecular weight is 337 g/mol. The molecule has 1 heterocycles. The molecule has 0 saturated heterocycles. The molecule has 24 heavy (non-hydrogen) atoms. The fraction of sp³-hybridized carbons (Fsp3) is 0.375. The number of carbonyl (C=O) groups excluding carboxylic acids is 1. The number of phenolic OH excluding ortho intramolecular Hbond substituents is 2. The van der Waals surface area contributed by atoms with Gasteiger partial charge in [-0.1, -0.05) is 0 Å². The summed E-state index contributed by atoms with van der Waals surface area (Å²) >= 11 is 0. The van der Waals surface area contributed by atoms with E-state index in [0.717, 1.165) is 6.07 Å². The summed E-state index contributed by atoms with van der Waals surface area (Å²) in [7, 11) is 1.43. The summed E-state index contributed by atoms with van der Waals surface area (Å²) < 4.78 is 9.82. The summed E-state index contributed by atoms with van der Waals surface area (Å²) in [6.07, 6.45) is -1.11. The Morgan fingerprint density at radius 1 is 1.38 bits per heavy atom. The average Bonchev–Trinajstić information content (AvgIpc) is 2.48. The number of aryl methyl sites for hydroxylation is 1. The number of methoxy groups -OCH3 is 1. The van der Waals surface area contributed by atoms with Crippen LogP contribution in [0.2, 0.25) is 0 Å². The molecule has 1 amide bonds. The predicted octanol–water partition coefficient (Wildman–Crippen LogP) is 0.179. The lowest BCUT2D eigenvalue weighted by Gasteiger charge is -2.12. The van der Waals surface area contributed by atoms with Crippen LogP contribution < -0.4 is 10.9 Å². The third-order valence-corrected chi connectivity index (χ3v) is 3.57. The molecule has 1 aromatic carbocycles. The van der Waals surface area contributed by atoms with Crippen molar-refractivity contribution in [3.05, 3.63) is 33.7 Å². The Labute approximate surface area is 137 Å². The quantitative estimate of drug-likeness (QED) is 0.553. The second kappa shape index (κ2) is 7.33. The lowest BCUT2D eigenvalue weighted by Crippen LogP contribution is -2.36. The van der Waals surface area contributed by atoms with Gasteiger partial charge in [-0.25, -0.2) is 4.79 Å². The van der Waals surface area contributed by atoms with Crippen LogP contribution >= 0.6 is 0 Å². The monoisotopic (exact) mass is 337 g/mol. The summed E-state index contributed by atoms with van der Waals surface area (Å²) in [5, 5.41) is 31.7. The molecule has 1 atom stereocenters. The van der Waals surface area contributed by atoms with Gasteiger partial charge in [0, 0.05) is 25.8 Å². The maximum Gasteiger partial charge on any atom is 0.340 e. The molecule has 0 aliphatic heterocycles. The fourth-order valence-electron chi connectivity index (χ4n) is 2.42. The predicted molar refractivity (Wildman–Crippen MR) is 85.1 cm³/mol. The molecular formula is C16H19NO7. The number of ether oxygens (including phenoxy) is 1. The number of rotatable bonds is 6. The van der Waals surface area contributed by atoms with Gasteiger partial charge in [-0.2, -0.15) is 0 Å². The molecule has 0 radical (unpaired) electrons. The van der Waals surface area contributed by atoms with E-state index < -0.39 is 17.6 Å². The van der Waals surface area contributed by atoms with Crippen molar-refractivity contribution in [3.63, 3.8) is 0 Å². The molecule has 0 aliphatic carbocycles. The Bertz CT molecular complexity index is 812. The minimum atomic E-state index is -0.847. The standard InChI is InChI=1S/C16H19NO7/c1-8-11(5-14(21)17-6-10(19)7-23-2)16(22)24-13-4-9(18)3-12(20)15(8)13/h3-4,10,18-20H,5-7H2,1-2H3,(H,17,21). The zero-order valence-electron chi connectivity index (χ0n) is 13.3. The maximum absolute atomic E-state index is 12.1. The molecular weight excluding hydrogens is 318 g/mol. The number of benzene rings is 1. The molecule has 2 rings (SSSR count). The van der Waals surface area contributed by atoms with Gasteiger partial charge in [0.05, 0.1) is 30.1 Å². The number of hydrogen-bond donors (Lipinski definition) is 4. The van der Waals surface area contributed by atoms with Crippen molar-refractivity contribution < 1.29 is 29.3 Å². The van der Waals surface area contributed by atoms with E-state index in [9.17, 15) is 24.9 Å². The number of amides is 1. The highest BCUT2D eigenvalue weighted by atomic mass is 16.5. The van der Waals surface area contributed by atoms with Crippen molar-refractivity contribution >= 4 is 16.9 Å². The third-order valence-electron chi connectivity index (χ3n) is 3.57. The lowest BCUT2D eigenvalue weighted by atomic mass is 10.0. The van der Waals surface area contributed by atoms with Gasteiger partial charge in [0.2, 0.25) is 5.91 Å². The van der Waals surface area contributed by atoms with E-state index in [-0.39, 0.29) is 47.6 Å². The number of carbonyl (C=O) groups is 1. The summed E-state index contributed by atoms with van der Waals surface area (Å²) in [5.74, 6) is -0.957. The van der Waals surface area contributed by atoms with E-state index >= 15 is 0 Å². The first-order chi connectivity index (χ1) is 11.3. The van der Waals surface area contributed by atoms with E-state index in [1.54, 1.807) is 6.92 Å². The highest BCUT2D eigenvalue weighted by Gasteiger charge is 2.18. The molecule has 0 saturated carbocycles. The van der Waals surface area contributed by atoms with E-state index in [1.807, 2.05) is 0 Å². The van der Waals surface area contributed by atoms with E-state index in [4.69, 9.17) is 9.15 Å². The second-order valence-electron chi connectivity index (χ2n) is 5.42. The zero-order valence-corrected chi connectivity index (χ0v) is 13.3. The van der Waals surface area contributed by atoms with Gasteiger partial charge in [-0.15, -0.1) is 0 Å². The van der Waals surface area contributed by atoms with Gasteiger partial charge in [-0.3, -0.25) is 4.79 Å². The molecule has 0 fully saturated rings. The summed E-state index contributed by atoms with van der Waals surface area (Å²) in [4.78, 5) is 24.0. The van der Waals surface area contributed by atoms with E-state index in [1.165, 1.54) is 13.2 Å². The number of fused-ring (bicyclic) bond motifs is 1. The highest BCUT2D eigenvalue weighted by Crippen LogP contribution is 2.32. The number of aliphatic hydroxyl groups excluding tert-OH is 1. The molecule has 0 aliphatic rings. The second-order valence-corrected chi connectivity index (χ2v) is 5.42. The Morgan fingerprint density at radius 3 is 2.75 bits per heavy atom. The van der Waals surface area contributed by atoms with Crippen LogP contribution in [-0.4, -0.2) is 47.6 Å². The third kappa shape index (κ3) is 3.84. The normalized spacial score (nSPS) is 12.3. The molecule has 0 spiro atoms. The topological polar surface area (TPSA) is 129 Å². The lowest BCUT2D eigenvalue weighted by molar-refractivity contribution is -0.121. The van der Waals surface area contributed by atoms with Crippen molar-refractivity contribution in [1.29, 1.82) is 0 Å². The summed E-state index contributed by atoms with van der Waals surface area (Å²) in [6, 6.07) is 2.34. The summed E-state index contributed by atoms with van der Waals surface area (Å²) in [5.41, 5.74) is -0.194. The largest absolute Gasteiger partial charge is 0.508 e. The van der Waals surface area contributed by atoms with Gasteiger partial charge in [0.25, 0.3) is 0 Å². The summed E-state index contributed by atoms with van der Waals surface area (Å²) in [6.45, 7) is 1.65. The van der Waals surface area contributed by atoms with Gasteiger partial charge in [0.15, 0.2) is 0 Å². The number of aliphatic hydroxyl groups is 1. The van der Waals surface area contributed by atoms with Gasteiger partial charge >= 0.3 is 5.63 Å². The Kier molecular flexibility index (Phi) is 5.42. The number of aromatic hydroxyl groups is 2. The highest BCUT2D eigenvalue weighted by molar-refractivity contribution is 5.89. The fourth-order valence-corrected chi connectivity index (χ4v) is 2.42. The van der Waals surface area contributed by atoms with E-state index in [0.29, 0.717) is 5.56 Å². The molecule has 2 aromatic rings. The number of nitrogens with one attached hydrogen (secondary N) is 1. The van der Waals surface area contributed by atoms with E-state index in [2.05, 4.69) is 5.32 Å². The van der Waals surface area contributed by atoms with Crippen LogP contribution in [0.25, 0.3) is 11.0 Å². The van der Waals surface area contributed by atoms with Crippen molar-refractivity contribution in [1.82, 2.24) is 5.32 Å². The minimum absolute atomic E-state index is 0.0102. The van der Waals surface area contributed by atoms with Crippen molar-refractivity contribution in [2.45, 2.75) is 19.4 Å². The van der Waals surface area contributed by atoms with Gasteiger partial charge in [-0.05, 0) is 12.5 Å². The Hall–Kier alpha value is -2.58. The molecule has 1 aromatic heterocycles. The van der Waals surface area contributed by atoms with Crippen LogP contribution in [-0.2, 0) is 16.0 Å². The van der Waals surface area contributed by atoms with Crippen LogP contribution in [0.3, 0.4) is 0 Å². The maximum atomic E-state index is 12.1. The molecule has 8 nitrogen and oxygen atoms in total. The molecule has 0 bridgehead atoms. The first-order valence-corrected chi connectivity index (χ1v) is 7.25. The zero-order chi connectivity index (χ0) is 17.9. The van der Waals surface area contributed by atoms with Gasteiger partial charge < -0.3 is 29.8 Å². The van der Waals surface area contributed by atoms with Crippen molar-refractivity contribution in [3.8, 4) is 11.5 Å². The number of hydrogen-bond acceptors (Lipinski definition) is 7. The van der Waals surface area contributed by atoms with Crippen LogP contribution in [0.1, 0.15) is 11.1 Å². The Balaban J connectivity index is 2.26. The molecule has 130 valence electrons. The molecule has 8 heteroatoms. The first kappa shape index (κ1) is 17.8. The smallest absolute Gasteiger partial charge is 0.340 e. The van der Waals surface area contributed by atoms with Crippen LogP contribution in [0.5, 0.6) is 11.5 Å².